The number of anilines is 2. The molecule has 0 aliphatic carbocycles. The van der Waals surface area contributed by atoms with Crippen molar-refractivity contribution in [2.24, 2.45) is 0 Å². The number of nitrogens with one attached hydrogen (secondary N) is 1. The molecule has 4 rings (SSSR count). The Kier molecular flexibility index (Phi) is 3.29. The number of imidazole rings is 1. The first-order valence-electron chi connectivity index (χ1n) is 6.68. The zero-order valence-corrected chi connectivity index (χ0v) is 13.0. The average molecular weight is 327 g/mol. The number of rotatable bonds is 3. The highest BCUT2D eigenvalue weighted by Gasteiger charge is 2.10. The van der Waals surface area contributed by atoms with Gasteiger partial charge in [-0.15, -0.1) is 0 Å². The maximum absolute atomic E-state index is 5.91. The van der Waals surface area contributed by atoms with Crippen LogP contribution in [-0.4, -0.2) is 14.4 Å². The summed E-state index contributed by atoms with van der Waals surface area (Å²) in [5, 5.41) is 8.15. The molecule has 3 heterocycles. The number of aromatic nitrogens is 3. The number of hydrogen-bond acceptors (Lipinski definition) is 4. The summed E-state index contributed by atoms with van der Waals surface area (Å²) >= 11 is 7.58. The highest BCUT2D eigenvalue weighted by atomic mass is 35.5. The van der Waals surface area contributed by atoms with E-state index in [1.54, 1.807) is 17.5 Å². The van der Waals surface area contributed by atoms with Gasteiger partial charge < -0.3 is 5.32 Å². The zero-order valence-electron chi connectivity index (χ0n) is 11.4. The Morgan fingerprint density at radius 1 is 1.09 bits per heavy atom. The van der Waals surface area contributed by atoms with Crippen molar-refractivity contribution in [1.82, 2.24) is 14.4 Å². The normalized spacial score (nSPS) is 11.0. The lowest BCUT2D eigenvalue weighted by atomic mass is 10.3. The second kappa shape index (κ2) is 5.44. The standard InChI is InChI=1S/C16H11ClN4S/c17-12-1-3-13(4-2-12)20-15-16-19-9-14(11-5-8-22-10-11)21(16)7-6-18-15/h1-10H,(H,18,20). The quantitative estimate of drug-likeness (QED) is 0.585. The molecule has 0 bridgehead atoms. The maximum Gasteiger partial charge on any atom is 0.180 e. The van der Waals surface area contributed by atoms with Gasteiger partial charge in [-0.25, -0.2) is 9.97 Å². The van der Waals surface area contributed by atoms with Crippen LogP contribution in [0.1, 0.15) is 0 Å². The second-order valence-electron chi connectivity index (χ2n) is 4.76. The van der Waals surface area contributed by atoms with Crippen molar-refractivity contribution >= 4 is 40.1 Å². The second-order valence-corrected chi connectivity index (χ2v) is 5.97. The molecule has 4 nitrogen and oxygen atoms in total. The molecular formula is C16H11ClN4S. The van der Waals surface area contributed by atoms with Crippen LogP contribution in [0.4, 0.5) is 11.5 Å². The minimum atomic E-state index is 0.706. The molecule has 0 radical (unpaired) electrons. The molecule has 0 atom stereocenters. The number of benzene rings is 1. The third-order valence-corrected chi connectivity index (χ3v) is 4.29. The van der Waals surface area contributed by atoms with E-state index in [-0.39, 0.29) is 0 Å². The summed E-state index contributed by atoms with van der Waals surface area (Å²) in [4.78, 5) is 8.90. The van der Waals surface area contributed by atoms with Crippen LogP contribution in [0.25, 0.3) is 16.9 Å². The summed E-state index contributed by atoms with van der Waals surface area (Å²) < 4.78 is 2.04. The molecule has 6 heteroatoms. The predicted molar refractivity (Wildman–Crippen MR) is 91.0 cm³/mol. The van der Waals surface area contributed by atoms with Crippen molar-refractivity contribution in [3.8, 4) is 11.3 Å². The number of thiophene rings is 1. The van der Waals surface area contributed by atoms with Crippen LogP contribution in [0.15, 0.2) is 59.7 Å². The molecule has 0 spiro atoms. The molecule has 0 amide bonds. The van der Waals surface area contributed by atoms with Gasteiger partial charge in [-0.3, -0.25) is 4.40 Å². The van der Waals surface area contributed by atoms with Gasteiger partial charge in [0.05, 0.1) is 11.9 Å². The predicted octanol–water partition coefficient (Wildman–Crippen LogP) is 4.85. The molecule has 0 aliphatic rings. The van der Waals surface area contributed by atoms with Crippen molar-refractivity contribution in [2.45, 2.75) is 0 Å². The highest BCUT2D eigenvalue weighted by Crippen LogP contribution is 2.26. The van der Waals surface area contributed by atoms with Crippen LogP contribution in [-0.2, 0) is 0 Å². The van der Waals surface area contributed by atoms with E-state index in [0.29, 0.717) is 10.8 Å². The Labute approximate surface area is 136 Å². The SMILES string of the molecule is Clc1ccc(Nc2nccn3c(-c4ccsc4)cnc23)cc1. The van der Waals surface area contributed by atoms with Gasteiger partial charge in [0.15, 0.2) is 11.5 Å². The third kappa shape index (κ3) is 2.34. The van der Waals surface area contributed by atoms with Gasteiger partial charge in [-0.2, -0.15) is 11.3 Å². The van der Waals surface area contributed by atoms with E-state index in [9.17, 15) is 0 Å². The molecule has 1 N–H and O–H groups in total. The average Bonchev–Trinajstić information content (AvgIpc) is 3.18. The van der Waals surface area contributed by atoms with Crippen LogP contribution in [0.2, 0.25) is 5.02 Å². The monoisotopic (exact) mass is 326 g/mol. The van der Waals surface area contributed by atoms with Gasteiger partial charge in [0.25, 0.3) is 0 Å². The smallest absolute Gasteiger partial charge is 0.180 e. The summed E-state index contributed by atoms with van der Waals surface area (Å²) in [6.07, 6.45) is 5.55. The lowest BCUT2D eigenvalue weighted by molar-refractivity contribution is 1.13. The van der Waals surface area contributed by atoms with Crippen molar-refractivity contribution in [3.05, 3.63) is 64.7 Å². The molecular weight excluding hydrogens is 316 g/mol. The lowest BCUT2D eigenvalue weighted by Gasteiger charge is -2.07. The van der Waals surface area contributed by atoms with Crippen LogP contribution in [0.5, 0.6) is 0 Å². The summed E-state index contributed by atoms with van der Waals surface area (Å²) in [5.41, 5.74) is 3.92. The van der Waals surface area contributed by atoms with E-state index < -0.39 is 0 Å². The van der Waals surface area contributed by atoms with Crippen molar-refractivity contribution < 1.29 is 0 Å². The Morgan fingerprint density at radius 2 is 1.95 bits per heavy atom. The van der Waals surface area contributed by atoms with Crippen LogP contribution >= 0.6 is 22.9 Å². The molecule has 0 fully saturated rings. The summed E-state index contributed by atoms with van der Waals surface area (Å²) in [7, 11) is 0. The largest absolute Gasteiger partial charge is 0.337 e. The lowest BCUT2D eigenvalue weighted by Crippen LogP contribution is -1.98. The van der Waals surface area contributed by atoms with Gasteiger partial charge in [0, 0.05) is 34.0 Å². The molecule has 3 aromatic heterocycles. The zero-order chi connectivity index (χ0) is 14.9. The minimum Gasteiger partial charge on any atom is -0.337 e. The van der Waals surface area contributed by atoms with Gasteiger partial charge in [-0.05, 0) is 35.7 Å². The van der Waals surface area contributed by atoms with Crippen molar-refractivity contribution in [2.75, 3.05) is 5.32 Å². The first-order chi connectivity index (χ1) is 10.8. The van der Waals surface area contributed by atoms with Gasteiger partial charge in [0.2, 0.25) is 0 Å². The fourth-order valence-corrected chi connectivity index (χ4v) is 3.08. The highest BCUT2D eigenvalue weighted by molar-refractivity contribution is 7.08. The van der Waals surface area contributed by atoms with E-state index in [2.05, 4.69) is 32.1 Å². The number of fused-ring (bicyclic) bond motifs is 1. The third-order valence-electron chi connectivity index (χ3n) is 3.35. The number of nitrogens with zero attached hydrogens (tertiary/aromatic N) is 3. The Bertz CT molecular complexity index is 913. The summed E-state index contributed by atoms with van der Waals surface area (Å²) in [5.74, 6) is 0.714. The number of halogens is 1. The first-order valence-corrected chi connectivity index (χ1v) is 8.00. The van der Waals surface area contributed by atoms with Gasteiger partial charge >= 0.3 is 0 Å². The van der Waals surface area contributed by atoms with Crippen molar-refractivity contribution in [1.29, 1.82) is 0 Å². The maximum atomic E-state index is 5.91. The van der Waals surface area contributed by atoms with E-state index in [4.69, 9.17) is 11.6 Å². The Morgan fingerprint density at radius 3 is 2.73 bits per heavy atom. The van der Waals surface area contributed by atoms with Crippen LogP contribution < -0.4 is 5.32 Å². The Hall–Kier alpha value is -2.37. The molecule has 0 saturated heterocycles. The molecule has 1 aromatic carbocycles. The molecule has 108 valence electrons. The number of hydrogen-bond donors (Lipinski definition) is 1. The van der Waals surface area contributed by atoms with E-state index >= 15 is 0 Å². The van der Waals surface area contributed by atoms with Gasteiger partial charge in [-0.1, -0.05) is 11.6 Å². The Balaban J connectivity index is 1.77. The topological polar surface area (TPSA) is 42.2 Å². The molecule has 0 aliphatic heterocycles. The van der Waals surface area contributed by atoms with E-state index in [1.807, 2.05) is 41.1 Å². The molecule has 0 saturated carbocycles. The summed E-state index contributed by atoms with van der Waals surface area (Å²) in [6, 6.07) is 9.59. The van der Waals surface area contributed by atoms with Crippen LogP contribution in [0, 0.1) is 0 Å². The molecule has 0 unspecified atom stereocenters. The van der Waals surface area contributed by atoms with E-state index in [1.165, 1.54) is 0 Å². The summed E-state index contributed by atoms with van der Waals surface area (Å²) in [6.45, 7) is 0. The molecule has 4 aromatic rings. The molecule has 22 heavy (non-hydrogen) atoms. The fourth-order valence-electron chi connectivity index (χ4n) is 2.30. The fraction of sp³-hybridized carbons (Fsp3) is 0. The van der Waals surface area contributed by atoms with Gasteiger partial charge in [0.1, 0.15) is 0 Å². The van der Waals surface area contributed by atoms with E-state index in [0.717, 1.165) is 22.6 Å². The van der Waals surface area contributed by atoms with Crippen LogP contribution in [0.3, 0.4) is 0 Å². The minimum absolute atomic E-state index is 0.706. The first kappa shape index (κ1) is 13.3. The van der Waals surface area contributed by atoms with Crippen molar-refractivity contribution in [3.63, 3.8) is 0 Å².